The summed E-state index contributed by atoms with van der Waals surface area (Å²) in [6.07, 6.45) is -0.728. The van der Waals surface area contributed by atoms with Crippen molar-refractivity contribution in [1.82, 2.24) is 19.7 Å². The maximum Gasteiger partial charge on any atom is 0.256 e. The Balaban J connectivity index is 1.96. The standard InChI is InChI=1S/C18H13F2N5O/c1-10-4-12(24-26-10)6-17-23-15-8-22-14-3-2-11(7-21)5-13(14)18(15)25(17)9-16(19)20/h2-5,8,16H,6,9H2,1H3. The first kappa shape index (κ1) is 16.1. The monoisotopic (exact) mass is 353 g/mol. The van der Waals surface area contributed by atoms with Crippen LogP contribution in [-0.2, 0) is 13.0 Å². The van der Waals surface area contributed by atoms with Crippen molar-refractivity contribution in [3.63, 3.8) is 0 Å². The van der Waals surface area contributed by atoms with Crippen molar-refractivity contribution < 1.29 is 13.3 Å². The minimum Gasteiger partial charge on any atom is -0.361 e. The smallest absolute Gasteiger partial charge is 0.256 e. The van der Waals surface area contributed by atoms with E-state index in [0.717, 1.165) is 0 Å². The number of aryl methyl sites for hydroxylation is 1. The molecule has 3 heterocycles. The number of imidazole rings is 1. The number of hydrogen-bond acceptors (Lipinski definition) is 5. The molecule has 3 aromatic heterocycles. The van der Waals surface area contributed by atoms with Crippen molar-refractivity contribution in [3.05, 3.63) is 53.3 Å². The second-order valence-electron chi connectivity index (χ2n) is 5.97. The Morgan fingerprint density at radius 1 is 1.27 bits per heavy atom. The number of nitrogens with zero attached hydrogens (tertiary/aromatic N) is 5. The molecule has 8 heteroatoms. The van der Waals surface area contributed by atoms with Crippen molar-refractivity contribution in [2.24, 2.45) is 0 Å². The van der Waals surface area contributed by atoms with Crippen molar-refractivity contribution in [3.8, 4) is 6.07 Å². The van der Waals surface area contributed by atoms with Crippen LogP contribution in [0.3, 0.4) is 0 Å². The molecule has 130 valence electrons. The van der Waals surface area contributed by atoms with Crippen molar-refractivity contribution in [1.29, 1.82) is 5.26 Å². The third-order valence-electron chi connectivity index (χ3n) is 4.12. The number of fused-ring (bicyclic) bond motifs is 3. The SMILES string of the molecule is Cc1cc(Cc2nc3cnc4ccc(C#N)cc4c3n2CC(F)F)no1. The van der Waals surface area contributed by atoms with Gasteiger partial charge in [-0.2, -0.15) is 5.26 Å². The maximum absolute atomic E-state index is 13.2. The van der Waals surface area contributed by atoms with Gasteiger partial charge in [-0.05, 0) is 25.1 Å². The van der Waals surface area contributed by atoms with Crippen LogP contribution in [0.1, 0.15) is 22.8 Å². The van der Waals surface area contributed by atoms with Crippen LogP contribution in [0.15, 0.2) is 35.0 Å². The first-order chi connectivity index (χ1) is 12.5. The summed E-state index contributed by atoms with van der Waals surface area (Å²) < 4.78 is 33.0. The molecule has 0 amide bonds. The van der Waals surface area contributed by atoms with Gasteiger partial charge in [0.15, 0.2) is 0 Å². The lowest BCUT2D eigenvalue weighted by molar-refractivity contribution is 0.127. The Kier molecular flexibility index (Phi) is 3.84. The second kappa shape index (κ2) is 6.19. The van der Waals surface area contributed by atoms with Gasteiger partial charge < -0.3 is 9.09 Å². The highest BCUT2D eigenvalue weighted by Gasteiger charge is 2.19. The molecule has 4 rings (SSSR count). The summed E-state index contributed by atoms with van der Waals surface area (Å²) in [6, 6.07) is 8.81. The molecule has 0 unspecified atom stereocenters. The van der Waals surface area contributed by atoms with Gasteiger partial charge in [0.25, 0.3) is 6.43 Å². The van der Waals surface area contributed by atoms with Crippen LogP contribution >= 0.6 is 0 Å². The highest BCUT2D eigenvalue weighted by molar-refractivity contribution is 6.02. The molecule has 0 radical (unpaired) electrons. The van der Waals surface area contributed by atoms with Crippen LogP contribution in [0, 0.1) is 18.3 Å². The van der Waals surface area contributed by atoms with E-state index in [9.17, 15) is 8.78 Å². The molecule has 0 atom stereocenters. The molecule has 0 N–H and O–H groups in total. The fraction of sp³-hybridized carbons (Fsp3) is 0.222. The summed E-state index contributed by atoms with van der Waals surface area (Å²) >= 11 is 0. The number of nitriles is 1. The van der Waals surface area contributed by atoms with Gasteiger partial charge in [-0.25, -0.2) is 13.8 Å². The molecule has 0 aliphatic heterocycles. The molecule has 0 bridgehead atoms. The van der Waals surface area contributed by atoms with E-state index in [0.29, 0.717) is 44.8 Å². The summed E-state index contributed by atoms with van der Waals surface area (Å²) in [7, 11) is 0. The van der Waals surface area contributed by atoms with Crippen molar-refractivity contribution in [2.45, 2.75) is 26.3 Å². The second-order valence-corrected chi connectivity index (χ2v) is 5.97. The minimum atomic E-state index is -2.55. The zero-order chi connectivity index (χ0) is 18.3. The lowest BCUT2D eigenvalue weighted by atomic mass is 10.1. The van der Waals surface area contributed by atoms with Gasteiger partial charge >= 0.3 is 0 Å². The molecule has 0 spiro atoms. The first-order valence-corrected chi connectivity index (χ1v) is 7.93. The molecular formula is C18H13F2N5O. The highest BCUT2D eigenvalue weighted by Crippen LogP contribution is 2.27. The number of pyridine rings is 1. The number of benzene rings is 1. The van der Waals surface area contributed by atoms with Crippen LogP contribution in [0.2, 0.25) is 0 Å². The van der Waals surface area contributed by atoms with Crippen LogP contribution in [-0.4, -0.2) is 26.1 Å². The number of halogens is 2. The summed E-state index contributed by atoms with van der Waals surface area (Å²) in [4.78, 5) is 8.80. The van der Waals surface area contributed by atoms with E-state index in [1.54, 1.807) is 37.4 Å². The quantitative estimate of drug-likeness (QED) is 0.560. The first-order valence-electron chi connectivity index (χ1n) is 7.93. The minimum absolute atomic E-state index is 0.262. The van der Waals surface area contributed by atoms with E-state index >= 15 is 0 Å². The summed E-state index contributed by atoms with van der Waals surface area (Å²) in [5.41, 5.74) is 2.72. The van der Waals surface area contributed by atoms with Crippen molar-refractivity contribution >= 4 is 21.9 Å². The fourth-order valence-electron chi connectivity index (χ4n) is 3.06. The van der Waals surface area contributed by atoms with Gasteiger partial charge in [-0.3, -0.25) is 4.98 Å². The molecule has 6 nitrogen and oxygen atoms in total. The Hall–Kier alpha value is -3.34. The average molecular weight is 353 g/mol. The highest BCUT2D eigenvalue weighted by atomic mass is 19.3. The Morgan fingerprint density at radius 3 is 2.81 bits per heavy atom. The fourth-order valence-corrected chi connectivity index (χ4v) is 3.06. The van der Waals surface area contributed by atoms with Crippen LogP contribution < -0.4 is 0 Å². The lowest BCUT2D eigenvalue weighted by Gasteiger charge is -2.09. The van der Waals surface area contributed by atoms with Gasteiger partial charge in [0.05, 0.1) is 47.5 Å². The Bertz CT molecular complexity index is 1160. The van der Waals surface area contributed by atoms with Gasteiger partial charge in [-0.1, -0.05) is 5.16 Å². The van der Waals surface area contributed by atoms with Crippen LogP contribution in [0.4, 0.5) is 8.78 Å². The summed E-state index contributed by atoms with van der Waals surface area (Å²) in [5.74, 6) is 1.09. The largest absolute Gasteiger partial charge is 0.361 e. The van der Waals surface area contributed by atoms with E-state index in [2.05, 4.69) is 21.2 Å². The summed E-state index contributed by atoms with van der Waals surface area (Å²) in [6.45, 7) is 1.26. The van der Waals surface area contributed by atoms with Gasteiger partial charge in [-0.15, -0.1) is 0 Å². The molecule has 0 aliphatic carbocycles. The van der Waals surface area contributed by atoms with Crippen molar-refractivity contribution in [2.75, 3.05) is 0 Å². The molecule has 0 aliphatic rings. The molecule has 1 aromatic carbocycles. The number of rotatable bonds is 4. The predicted molar refractivity (Wildman–Crippen MR) is 89.8 cm³/mol. The van der Waals surface area contributed by atoms with Crippen LogP contribution in [0.25, 0.3) is 21.9 Å². The summed E-state index contributed by atoms with van der Waals surface area (Å²) in [5, 5.41) is 13.7. The van der Waals surface area contributed by atoms with E-state index in [4.69, 9.17) is 9.78 Å². The van der Waals surface area contributed by atoms with Gasteiger partial charge in [0, 0.05) is 11.5 Å². The van der Waals surface area contributed by atoms with Gasteiger partial charge in [0.1, 0.15) is 17.1 Å². The topological polar surface area (TPSA) is 80.5 Å². The molecule has 0 fully saturated rings. The zero-order valence-corrected chi connectivity index (χ0v) is 13.8. The third kappa shape index (κ3) is 2.77. The third-order valence-corrected chi connectivity index (χ3v) is 4.12. The molecule has 0 saturated heterocycles. The number of hydrogen-bond donors (Lipinski definition) is 0. The number of alkyl halides is 2. The number of aromatic nitrogens is 4. The van der Waals surface area contributed by atoms with E-state index in [1.165, 1.54) is 4.57 Å². The predicted octanol–water partition coefficient (Wildman–Crippen LogP) is 3.61. The van der Waals surface area contributed by atoms with E-state index in [-0.39, 0.29) is 6.42 Å². The van der Waals surface area contributed by atoms with Gasteiger partial charge in [0.2, 0.25) is 0 Å². The zero-order valence-electron chi connectivity index (χ0n) is 13.8. The Labute approximate surface area is 146 Å². The Morgan fingerprint density at radius 2 is 2.12 bits per heavy atom. The molecule has 4 aromatic rings. The average Bonchev–Trinajstić information content (AvgIpc) is 3.18. The van der Waals surface area contributed by atoms with E-state index in [1.807, 2.05) is 0 Å². The van der Waals surface area contributed by atoms with Crippen LogP contribution in [0.5, 0.6) is 0 Å². The lowest BCUT2D eigenvalue weighted by Crippen LogP contribution is -2.11. The maximum atomic E-state index is 13.2. The molecular weight excluding hydrogens is 340 g/mol. The normalized spacial score (nSPS) is 11.5. The van der Waals surface area contributed by atoms with E-state index < -0.39 is 13.0 Å². The molecule has 0 saturated carbocycles. The molecule has 26 heavy (non-hydrogen) atoms.